The lowest BCUT2D eigenvalue weighted by molar-refractivity contribution is 1.64. The van der Waals surface area contributed by atoms with Gasteiger partial charge in [0.05, 0.1) is 0 Å². The third kappa shape index (κ3) is 3.81. The summed E-state index contributed by atoms with van der Waals surface area (Å²) in [5.41, 5.74) is 18.2. The third-order valence-corrected chi connectivity index (χ3v) is 11.7. The van der Waals surface area contributed by atoms with Crippen molar-refractivity contribution in [3.8, 4) is 77.9 Å². The van der Waals surface area contributed by atoms with Crippen LogP contribution in [-0.4, -0.2) is 0 Å². The molecule has 10 aromatic rings. The van der Waals surface area contributed by atoms with Crippen LogP contribution in [-0.2, 0) is 0 Å². The molecule has 12 rings (SSSR count). The summed E-state index contributed by atoms with van der Waals surface area (Å²) in [5.74, 6) is 0. The largest absolute Gasteiger partial charge is 0.0616 e. The summed E-state index contributed by atoms with van der Waals surface area (Å²) in [4.78, 5) is 0. The second-order valence-corrected chi connectivity index (χ2v) is 14.4. The SMILES string of the molecule is c1ccc2c(c1)-c1cccc3c(-c4ccc5cc(-c6cc(-c7ccc8c9c(cccc79)-c7ccccc7-8)c7ccccc7c6)ccc5c4)ccc-2c13. The van der Waals surface area contributed by atoms with Gasteiger partial charge in [-0.15, -0.1) is 0 Å². The van der Waals surface area contributed by atoms with Crippen molar-refractivity contribution in [2.75, 3.05) is 0 Å². The first-order chi connectivity index (χ1) is 25.8. The van der Waals surface area contributed by atoms with Gasteiger partial charge in [0.1, 0.15) is 0 Å². The fourth-order valence-corrected chi connectivity index (χ4v) is 9.40. The van der Waals surface area contributed by atoms with Crippen molar-refractivity contribution in [3.63, 3.8) is 0 Å². The van der Waals surface area contributed by atoms with E-state index in [9.17, 15) is 0 Å². The van der Waals surface area contributed by atoms with Gasteiger partial charge in [-0.05, 0) is 145 Å². The molecule has 0 radical (unpaired) electrons. The maximum atomic E-state index is 2.41. The van der Waals surface area contributed by atoms with Gasteiger partial charge in [0.15, 0.2) is 0 Å². The molecule has 10 aromatic carbocycles. The molecule has 0 fully saturated rings. The molecule has 2 aliphatic carbocycles. The Hall–Kier alpha value is -6.76. The number of rotatable bonds is 3. The normalized spacial score (nSPS) is 12.2. The zero-order chi connectivity index (χ0) is 33.9. The molecular weight excluding hydrogens is 625 g/mol. The Balaban J connectivity index is 0.988. The summed E-state index contributed by atoms with van der Waals surface area (Å²) < 4.78 is 0. The van der Waals surface area contributed by atoms with Gasteiger partial charge in [-0.1, -0.05) is 158 Å². The van der Waals surface area contributed by atoms with Gasteiger partial charge in [-0.2, -0.15) is 0 Å². The van der Waals surface area contributed by atoms with Crippen LogP contribution in [0.2, 0.25) is 0 Å². The molecule has 52 heavy (non-hydrogen) atoms. The molecule has 0 saturated carbocycles. The van der Waals surface area contributed by atoms with Crippen LogP contribution in [0.25, 0.3) is 121 Å². The Labute approximate surface area is 301 Å². The molecule has 238 valence electrons. The second-order valence-electron chi connectivity index (χ2n) is 14.4. The molecule has 0 amide bonds. The van der Waals surface area contributed by atoms with Crippen LogP contribution in [0, 0.1) is 0 Å². The fraction of sp³-hybridized carbons (Fsp3) is 0. The van der Waals surface area contributed by atoms with Gasteiger partial charge >= 0.3 is 0 Å². The quantitative estimate of drug-likeness (QED) is 0.178. The minimum atomic E-state index is 1.23. The van der Waals surface area contributed by atoms with E-state index in [1.54, 1.807) is 0 Å². The molecule has 0 heteroatoms. The maximum absolute atomic E-state index is 2.41. The predicted octanol–water partition coefficient (Wildman–Crippen LogP) is 14.6. The smallest absolute Gasteiger partial charge is 0.00201 e. The summed E-state index contributed by atoms with van der Waals surface area (Å²) in [6.07, 6.45) is 0. The molecule has 0 spiro atoms. The average Bonchev–Trinajstić information content (AvgIpc) is 3.72. The third-order valence-electron chi connectivity index (χ3n) is 11.7. The Kier molecular flexibility index (Phi) is 5.59. The van der Waals surface area contributed by atoms with Gasteiger partial charge in [-0.25, -0.2) is 0 Å². The zero-order valence-corrected chi connectivity index (χ0v) is 28.3. The van der Waals surface area contributed by atoms with Crippen LogP contribution >= 0.6 is 0 Å². The molecule has 0 bridgehead atoms. The average molecular weight is 655 g/mol. The number of fused-ring (bicyclic) bond motifs is 8. The fourth-order valence-electron chi connectivity index (χ4n) is 9.40. The van der Waals surface area contributed by atoms with Crippen molar-refractivity contribution in [1.29, 1.82) is 0 Å². The second kappa shape index (κ2) is 10.4. The maximum Gasteiger partial charge on any atom is -0.00201 e. The molecule has 0 N–H and O–H groups in total. The number of hydrogen-bond acceptors (Lipinski definition) is 0. The van der Waals surface area contributed by atoms with E-state index in [2.05, 4.69) is 182 Å². The topological polar surface area (TPSA) is 0 Å². The molecular formula is C52H30. The zero-order valence-electron chi connectivity index (χ0n) is 28.3. The summed E-state index contributed by atoms with van der Waals surface area (Å²) in [6, 6.07) is 68.0. The van der Waals surface area contributed by atoms with Crippen LogP contribution in [0.3, 0.4) is 0 Å². The minimum Gasteiger partial charge on any atom is -0.0616 e. The number of hydrogen-bond donors (Lipinski definition) is 0. The van der Waals surface area contributed by atoms with Crippen molar-refractivity contribution in [3.05, 3.63) is 182 Å². The molecule has 0 saturated heterocycles. The van der Waals surface area contributed by atoms with Crippen LogP contribution in [0.4, 0.5) is 0 Å². The Morgan fingerprint density at radius 2 is 0.635 bits per heavy atom. The summed E-state index contributed by atoms with van der Waals surface area (Å²) in [5, 5.41) is 10.4. The molecule has 0 aromatic heterocycles. The van der Waals surface area contributed by atoms with Crippen molar-refractivity contribution in [2.24, 2.45) is 0 Å². The number of benzene rings is 10. The van der Waals surface area contributed by atoms with Crippen molar-refractivity contribution >= 4 is 43.1 Å². The van der Waals surface area contributed by atoms with Crippen LogP contribution in [0.1, 0.15) is 0 Å². The highest BCUT2D eigenvalue weighted by atomic mass is 14.3. The lowest BCUT2D eigenvalue weighted by Crippen LogP contribution is -1.88. The Bertz CT molecular complexity index is 3120. The minimum absolute atomic E-state index is 1.23. The summed E-state index contributed by atoms with van der Waals surface area (Å²) in [7, 11) is 0. The highest BCUT2D eigenvalue weighted by Crippen LogP contribution is 2.51. The van der Waals surface area contributed by atoms with Crippen molar-refractivity contribution < 1.29 is 0 Å². The van der Waals surface area contributed by atoms with E-state index in [0.717, 1.165) is 0 Å². The van der Waals surface area contributed by atoms with E-state index in [-0.39, 0.29) is 0 Å². The molecule has 0 heterocycles. The van der Waals surface area contributed by atoms with Crippen molar-refractivity contribution in [1.82, 2.24) is 0 Å². The Morgan fingerprint density at radius 3 is 1.29 bits per heavy atom. The molecule has 2 aliphatic rings. The lowest BCUT2D eigenvalue weighted by atomic mass is 9.88. The van der Waals surface area contributed by atoms with E-state index in [4.69, 9.17) is 0 Å². The predicted molar refractivity (Wildman–Crippen MR) is 222 cm³/mol. The summed E-state index contributed by atoms with van der Waals surface area (Å²) in [6.45, 7) is 0. The van der Waals surface area contributed by atoms with E-state index < -0.39 is 0 Å². The van der Waals surface area contributed by atoms with Crippen LogP contribution in [0.15, 0.2) is 182 Å². The van der Waals surface area contributed by atoms with E-state index in [0.29, 0.717) is 0 Å². The monoisotopic (exact) mass is 654 g/mol. The van der Waals surface area contributed by atoms with Gasteiger partial charge in [0.2, 0.25) is 0 Å². The first-order valence-corrected chi connectivity index (χ1v) is 18.2. The lowest BCUT2D eigenvalue weighted by Gasteiger charge is -2.15. The molecule has 0 unspecified atom stereocenters. The van der Waals surface area contributed by atoms with Crippen LogP contribution in [0.5, 0.6) is 0 Å². The van der Waals surface area contributed by atoms with E-state index in [1.807, 2.05) is 0 Å². The van der Waals surface area contributed by atoms with Gasteiger partial charge in [0, 0.05) is 0 Å². The summed E-state index contributed by atoms with van der Waals surface area (Å²) >= 11 is 0. The highest BCUT2D eigenvalue weighted by molar-refractivity contribution is 6.21. The standard InChI is InChI=1S/C52H30/c1-2-10-37-34(9-1)29-36(30-50(37)43-24-26-49-42-14-6-4-12-40(42)46-17-8-18-47(43)52(46)49)33-20-19-32-28-35(22-21-31(32)27-33)38-23-25-48-41-13-5-3-11-39(41)45-16-7-15-44(38)51(45)48/h1-30H. The van der Waals surface area contributed by atoms with Gasteiger partial charge in [0.25, 0.3) is 0 Å². The molecule has 0 aliphatic heterocycles. The van der Waals surface area contributed by atoms with Crippen LogP contribution < -0.4 is 0 Å². The Morgan fingerprint density at radius 1 is 0.192 bits per heavy atom. The van der Waals surface area contributed by atoms with Gasteiger partial charge in [-0.3, -0.25) is 0 Å². The van der Waals surface area contributed by atoms with E-state index >= 15 is 0 Å². The first kappa shape index (κ1) is 28.0. The highest BCUT2D eigenvalue weighted by Gasteiger charge is 2.24. The van der Waals surface area contributed by atoms with Crippen molar-refractivity contribution in [2.45, 2.75) is 0 Å². The first-order valence-electron chi connectivity index (χ1n) is 18.2. The van der Waals surface area contributed by atoms with Gasteiger partial charge < -0.3 is 0 Å². The molecule has 0 atom stereocenters. The molecule has 0 nitrogen and oxygen atoms in total. The van der Waals surface area contributed by atoms with E-state index in [1.165, 1.54) is 121 Å².